The summed E-state index contributed by atoms with van der Waals surface area (Å²) in [5.74, 6) is -1.61. The fourth-order valence-corrected chi connectivity index (χ4v) is 1.81. The molecule has 1 aromatic rings. The van der Waals surface area contributed by atoms with Crippen LogP contribution in [-0.4, -0.2) is 23.5 Å². The molecule has 0 saturated carbocycles. The van der Waals surface area contributed by atoms with Crippen molar-refractivity contribution < 1.29 is 27.9 Å². The Balaban J connectivity index is 2.98. The van der Waals surface area contributed by atoms with Crippen molar-refractivity contribution in [2.24, 2.45) is 5.41 Å². The molecule has 0 aliphatic heterocycles. The highest BCUT2D eigenvalue weighted by molar-refractivity contribution is 5.88. The van der Waals surface area contributed by atoms with Gasteiger partial charge in [-0.05, 0) is 39.3 Å². The standard InChI is InChI=1S/C16H20F3NO3/c1-14(2,13(22)23)9-20-12(21)15(3,4)10-6-5-7-11(8-10)16(17,18)19/h5-8H,9H2,1-4H3,(H,20,21)(H,22,23). The highest BCUT2D eigenvalue weighted by atomic mass is 19.4. The van der Waals surface area contributed by atoms with Crippen molar-refractivity contribution in [3.05, 3.63) is 35.4 Å². The molecule has 23 heavy (non-hydrogen) atoms. The molecule has 0 radical (unpaired) electrons. The molecule has 1 aromatic carbocycles. The lowest BCUT2D eigenvalue weighted by Gasteiger charge is -2.27. The third-order valence-corrected chi connectivity index (χ3v) is 3.75. The first-order valence-corrected chi connectivity index (χ1v) is 6.98. The van der Waals surface area contributed by atoms with Crippen molar-refractivity contribution in [2.75, 3.05) is 6.54 Å². The molecule has 0 aliphatic carbocycles. The number of hydrogen-bond donors (Lipinski definition) is 2. The summed E-state index contributed by atoms with van der Waals surface area (Å²) in [5.41, 5.74) is -3.02. The number of halogens is 3. The van der Waals surface area contributed by atoms with E-state index in [0.717, 1.165) is 12.1 Å². The zero-order valence-electron chi connectivity index (χ0n) is 13.4. The molecule has 0 fully saturated rings. The van der Waals surface area contributed by atoms with Gasteiger partial charge in [0.15, 0.2) is 0 Å². The highest BCUT2D eigenvalue weighted by Gasteiger charge is 2.36. The molecular weight excluding hydrogens is 311 g/mol. The summed E-state index contributed by atoms with van der Waals surface area (Å²) in [6.45, 7) is 5.76. The zero-order chi connectivity index (χ0) is 18.1. The van der Waals surface area contributed by atoms with Gasteiger partial charge in [-0.2, -0.15) is 13.2 Å². The van der Waals surface area contributed by atoms with E-state index < -0.39 is 34.4 Å². The molecule has 0 aliphatic rings. The predicted molar refractivity (Wildman–Crippen MR) is 78.9 cm³/mol. The second kappa shape index (κ2) is 6.22. The maximum absolute atomic E-state index is 12.8. The van der Waals surface area contributed by atoms with E-state index >= 15 is 0 Å². The Bertz CT molecular complexity index is 607. The Hall–Kier alpha value is -2.05. The van der Waals surface area contributed by atoms with Crippen LogP contribution in [0.25, 0.3) is 0 Å². The summed E-state index contributed by atoms with van der Waals surface area (Å²) < 4.78 is 38.4. The van der Waals surface area contributed by atoms with E-state index in [1.165, 1.54) is 39.8 Å². The number of hydrogen-bond acceptors (Lipinski definition) is 2. The Morgan fingerprint density at radius 3 is 2.09 bits per heavy atom. The molecule has 128 valence electrons. The van der Waals surface area contributed by atoms with Crippen LogP contribution in [0.4, 0.5) is 13.2 Å². The summed E-state index contributed by atoms with van der Waals surface area (Å²) >= 11 is 0. The van der Waals surface area contributed by atoms with Gasteiger partial charge in [0.05, 0.1) is 16.4 Å². The first-order valence-electron chi connectivity index (χ1n) is 6.98. The van der Waals surface area contributed by atoms with Gasteiger partial charge in [0.2, 0.25) is 5.91 Å². The number of alkyl halides is 3. The van der Waals surface area contributed by atoms with Gasteiger partial charge >= 0.3 is 12.1 Å². The van der Waals surface area contributed by atoms with Crippen LogP contribution in [0, 0.1) is 5.41 Å². The van der Waals surface area contributed by atoms with Crippen LogP contribution in [0.1, 0.15) is 38.8 Å². The number of aliphatic carboxylic acids is 1. The van der Waals surface area contributed by atoms with Crippen LogP contribution in [0.15, 0.2) is 24.3 Å². The lowest BCUT2D eigenvalue weighted by molar-refractivity contribution is -0.147. The molecule has 0 bridgehead atoms. The number of carboxylic acids is 1. The third-order valence-electron chi connectivity index (χ3n) is 3.75. The van der Waals surface area contributed by atoms with E-state index in [9.17, 15) is 22.8 Å². The van der Waals surface area contributed by atoms with Crippen LogP contribution in [0.2, 0.25) is 0 Å². The molecule has 1 rings (SSSR count). The first-order chi connectivity index (χ1) is 10.3. The quantitative estimate of drug-likeness (QED) is 0.871. The highest BCUT2D eigenvalue weighted by Crippen LogP contribution is 2.33. The summed E-state index contributed by atoms with van der Waals surface area (Å²) in [6, 6.07) is 4.55. The number of amides is 1. The van der Waals surface area contributed by atoms with Gasteiger partial charge in [-0.25, -0.2) is 0 Å². The smallest absolute Gasteiger partial charge is 0.416 e. The van der Waals surface area contributed by atoms with E-state index in [4.69, 9.17) is 5.11 Å². The predicted octanol–water partition coefficient (Wildman–Crippen LogP) is 3.21. The molecule has 7 heteroatoms. The van der Waals surface area contributed by atoms with Gasteiger partial charge in [-0.3, -0.25) is 9.59 Å². The number of rotatable bonds is 5. The lowest BCUT2D eigenvalue weighted by Crippen LogP contribution is -2.45. The third kappa shape index (κ3) is 4.46. The number of carboxylic acid groups (broad SMARTS) is 1. The molecule has 1 amide bonds. The maximum atomic E-state index is 12.8. The van der Waals surface area contributed by atoms with Crippen LogP contribution >= 0.6 is 0 Å². The number of carbonyl (C=O) groups excluding carboxylic acids is 1. The van der Waals surface area contributed by atoms with Crippen molar-refractivity contribution in [2.45, 2.75) is 39.3 Å². The van der Waals surface area contributed by atoms with Gasteiger partial charge in [0.1, 0.15) is 0 Å². The van der Waals surface area contributed by atoms with E-state index in [2.05, 4.69) is 5.32 Å². The monoisotopic (exact) mass is 331 g/mol. The fourth-order valence-electron chi connectivity index (χ4n) is 1.81. The molecule has 0 atom stereocenters. The topological polar surface area (TPSA) is 66.4 Å². The second-order valence-electron chi connectivity index (χ2n) is 6.58. The minimum absolute atomic E-state index is 0.121. The summed E-state index contributed by atoms with van der Waals surface area (Å²) in [4.78, 5) is 23.3. The van der Waals surface area contributed by atoms with Crippen molar-refractivity contribution >= 4 is 11.9 Å². The van der Waals surface area contributed by atoms with Crippen molar-refractivity contribution in [1.82, 2.24) is 5.32 Å². The second-order valence-corrected chi connectivity index (χ2v) is 6.58. The number of carbonyl (C=O) groups is 2. The van der Waals surface area contributed by atoms with Crippen molar-refractivity contribution in [3.63, 3.8) is 0 Å². The first kappa shape index (κ1) is 19.0. The minimum atomic E-state index is -4.49. The average molecular weight is 331 g/mol. The van der Waals surface area contributed by atoms with E-state index in [-0.39, 0.29) is 12.1 Å². The van der Waals surface area contributed by atoms with Crippen molar-refractivity contribution in [3.8, 4) is 0 Å². The lowest BCUT2D eigenvalue weighted by atomic mass is 9.82. The molecule has 4 nitrogen and oxygen atoms in total. The fraction of sp³-hybridized carbons (Fsp3) is 0.500. The molecular formula is C16H20F3NO3. The van der Waals surface area contributed by atoms with E-state index in [1.807, 2.05) is 0 Å². The SMILES string of the molecule is CC(C)(CNC(=O)C(C)(C)c1cccc(C(F)(F)F)c1)C(=O)O. The molecule has 0 saturated heterocycles. The Morgan fingerprint density at radius 2 is 1.61 bits per heavy atom. The molecule has 2 N–H and O–H groups in total. The van der Waals surface area contributed by atoms with Crippen LogP contribution in [0.5, 0.6) is 0 Å². The number of nitrogens with one attached hydrogen (secondary N) is 1. The average Bonchev–Trinajstić information content (AvgIpc) is 2.43. The van der Waals surface area contributed by atoms with Gasteiger partial charge in [-0.15, -0.1) is 0 Å². The Morgan fingerprint density at radius 1 is 1.09 bits per heavy atom. The summed E-state index contributed by atoms with van der Waals surface area (Å²) in [6.07, 6.45) is -4.49. The Kier molecular flexibility index (Phi) is 5.13. The maximum Gasteiger partial charge on any atom is 0.416 e. The largest absolute Gasteiger partial charge is 0.481 e. The van der Waals surface area contributed by atoms with Crippen LogP contribution < -0.4 is 5.32 Å². The van der Waals surface area contributed by atoms with Gasteiger partial charge in [-0.1, -0.05) is 18.2 Å². The van der Waals surface area contributed by atoms with Gasteiger partial charge in [0.25, 0.3) is 0 Å². The normalized spacial score (nSPS) is 12.8. The zero-order valence-corrected chi connectivity index (χ0v) is 13.4. The van der Waals surface area contributed by atoms with Gasteiger partial charge in [0, 0.05) is 6.54 Å². The molecule has 0 spiro atoms. The molecule has 0 heterocycles. The van der Waals surface area contributed by atoms with E-state index in [1.54, 1.807) is 0 Å². The van der Waals surface area contributed by atoms with Crippen molar-refractivity contribution in [1.29, 1.82) is 0 Å². The van der Waals surface area contributed by atoms with Crippen LogP contribution in [-0.2, 0) is 21.2 Å². The van der Waals surface area contributed by atoms with Gasteiger partial charge < -0.3 is 10.4 Å². The number of benzene rings is 1. The Labute approximate surface area is 132 Å². The molecule has 0 unspecified atom stereocenters. The minimum Gasteiger partial charge on any atom is -0.481 e. The summed E-state index contributed by atoms with van der Waals surface area (Å²) in [5, 5.41) is 11.5. The summed E-state index contributed by atoms with van der Waals surface area (Å²) in [7, 11) is 0. The van der Waals surface area contributed by atoms with Crippen LogP contribution in [0.3, 0.4) is 0 Å². The molecule has 0 aromatic heterocycles. The van der Waals surface area contributed by atoms with E-state index in [0.29, 0.717) is 0 Å².